The van der Waals surface area contributed by atoms with Gasteiger partial charge in [-0.25, -0.2) is 4.98 Å². The molecule has 0 spiro atoms. The molecule has 0 aromatic carbocycles. The minimum atomic E-state index is 0.0302. The van der Waals surface area contributed by atoms with E-state index < -0.39 is 0 Å². The summed E-state index contributed by atoms with van der Waals surface area (Å²) in [5, 5.41) is 3.09. The van der Waals surface area contributed by atoms with Gasteiger partial charge in [-0.15, -0.1) is 0 Å². The molecule has 1 saturated carbocycles. The molecule has 6 nitrogen and oxygen atoms in total. The van der Waals surface area contributed by atoms with Crippen LogP contribution in [0, 0.1) is 18.8 Å². The van der Waals surface area contributed by atoms with Crippen molar-refractivity contribution in [3.05, 3.63) is 11.8 Å². The molecule has 1 aromatic heterocycles. The Hall–Kier alpha value is -1.85. The van der Waals surface area contributed by atoms with E-state index in [1.54, 1.807) is 7.11 Å². The Labute approximate surface area is 131 Å². The first-order valence-corrected chi connectivity index (χ1v) is 8.08. The molecule has 1 aromatic rings. The zero-order valence-corrected chi connectivity index (χ0v) is 13.3. The topological polar surface area (TPSA) is 67.3 Å². The fourth-order valence-electron chi connectivity index (χ4n) is 2.85. The van der Waals surface area contributed by atoms with E-state index >= 15 is 0 Å². The van der Waals surface area contributed by atoms with E-state index in [0.717, 1.165) is 31.6 Å². The van der Waals surface area contributed by atoms with Gasteiger partial charge in [0.2, 0.25) is 17.7 Å². The van der Waals surface area contributed by atoms with Crippen LogP contribution >= 0.6 is 0 Å². The zero-order chi connectivity index (χ0) is 15.5. The number of methoxy groups -OCH3 is 1. The van der Waals surface area contributed by atoms with Crippen molar-refractivity contribution in [3.63, 3.8) is 0 Å². The van der Waals surface area contributed by atoms with Gasteiger partial charge < -0.3 is 15.0 Å². The Balaban J connectivity index is 1.64. The predicted octanol–water partition coefficient (Wildman–Crippen LogP) is 1.54. The highest BCUT2D eigenvalue weighted by atomic mass is 16.5. The lowest BCUT2D eigenvalue weighted by Gasteiger charge is -2.32. The summed E-state index contributed by atoms with van der Waals surface area (Å²) in [6, 6.07) is 1.81. The Morgan fingerprint density at radius 2 is 2.23 bits per heavy atom. The average molecular weight is 304 g/mol. The van der Waals surface area contributed by atoms with E-state index in [0.29, 0.717) is 24.3 Å². The summed E-state index contributed by atoms with van der Waals surface area (Å²) in [5.74, 6) is 2.16. The molecule has 3 rings (SSSR count). The minimum absolute atomic E-state index is 0.0302. The molecule has 1 aliphatic heterocycles. The van der Waals surface area contributed by atoms with Gasteiger partial charge in [0.1, 0.15) is 0 Å². The maximum absolute atomic E-state index is 12.3. The fraction of sp³-hybridized carbons (Fsp3) is 0.688. The van der Waals surface area contributed by atoms with Gasteiger partial charge in [-0.2, -0.15) is 4.98 Å². The van der Waals surface area contributed by atoms with E-state index in [1.807, 2.05) is 13.0 Å². The van der Waals surface area contributed by atoms with Crippen molar-refractivity contribution < 1.29 is 9.53 Å². The number of rotatable bonds is 5. The first-order chi connectivity index (χ1) is 10.7. The second-order valence-corrected chi connectivity index (χ2v) is 6.33. The number of aromatic nitrogens is 2. The summed E-state index contributed by atoms with van der Waals surface area (Å²) < 4.78 is 5.22. The number of hydrogen-bond acceptors (Lipinski definition) is 5. The van der Waals surface area contributed by atoms with E-state index in [4.69, 9.17) is 4.74 Å². The molecule has 1 atom stereocenters. The first kappa shape index (κ1) is 15.1. The number of anilines is 1. The fourth-order valence-corrected chi connectivity index (χ4v) is 2.85. The SMILES string of the molecule is COc1cc(C)nc(N2CCCC(C(=O)NCC3CC3)C2)n1. The Kier molecular flexibility index (Phi) is 4.45. The molecule has 1 aliphatic carbocycles. The van der Waals surface area contributed by atoms with Gasteiger partial charge in [-0.1, -0.05) is 0 Å². The van der Waals surface area contributed by atoms with Crippen molar-refractivity contribution in [2.75, 3.05) is 31.6 Å². The third kappa shape index (κ3) is 3.67. The Morgan fingerprint density at radius 3 is 2.95 bits per heavy atom. The number of amides is 1. The number of hydrogen-bond donors (Lipinski definition) is 1. The van der Waals surface area contributed by atoms with Crippen molar-refractivity contribution in [2.45, 2.75) is 32.6 Å². The van der Waals surface area contributed by atoms with Crippen molar-refractivity contribution in [3.8, 4) is 5.88 Å². The van der Waals surface area contributed by atoms with Gasteiger partial charge in [-0.05, 0) is 38.5 Å². The van der Waals surface area contributed by atoms with Crippen LogP contribution in [0.25, 0.3) is 0 Å². The van der Waals surface area contributed by atoms with Crippen LogP contribution in [0.3, 0.4) is 0 Å². The predicted molar refractivity (Wildman–Crippen MR) is 84.0 cm³/mol. The molecular weight excluding hydrogens is 280 g/mol. The Morgan fingerprint density at radius 1 is 1.41 bits per heavy atom. The summed E-state index contributed by atoms with van der Waals surface area (Å²) in [6.45, 7) is 4.34. The molecule has 1 N–H and O–H groups in total. The van der Waals surface area contributed by atoms with Crippen molar-refractivity contribution in [2.24, 2.45) is 11.8 Å². The van der Waals surface area contributed by atoms with Crippen LogP contribution in [0.5, 0.6) is 5.88 Å². The molecule has 1 amide bonds. The zero-order valence-electron chi connectivity index (χ0n) is 13.3. The number of aryl methyl sites for hydroxylation is 1. The second kappa shape index (κ2) is 6.50. The average Bonchev–Trinajstić information content (AvgIpc) is 3.36. The van der Waals surface area contributed by atoms with Crippen LogP contribution in [-0.2, 0) is 4.79 Å². The van der Waals surface area contributed by atoms with Gasteiger partial charge in [0.25, 0.3) is 0 Å². The standard InChI is InChI=1S/C16H24N4O2/c1-11-8-14(22-2)19-16(18-11)20-7-3-4-13(10-20)15(21)17-9-12-5-6-12/h8,12-13H,3-7,9-10H2,1-2H3,(H,17,21). The number of carbonyl (C=O) groups is 1. The lowest BCUT2D eigenvalue weighted by atomic mass is 9.97. The second-order valence-electron chi connectivity index (χ2n) is 6.33. The lowest BCUT2D eigenvalue weighted by Crippen LogP contribution is -2.44. The highest BCUT2D eigenvalue weighted by molar-refractivity contribution is 5.79. The van der Waals surface area contributed by atoms with Crippen LogP contribution in [-0.4, -0.2) is 42.6 Å². The molecule has 2 aliphatic rings. The molecule has 120 valence electrons. The smallest absolute Gasteiger partial charge is 0.228 e. The van der Waals surface area contributed by atoms with Gasteiger partial charge in [0.15, 0.2) is 0 Å². The summed E-state index contributed by atoms with van der Waals surface area (Å²) in [4.78, 5) is 23.3. The van der Waals surface area contributed by atoms with E-state index in [9.17, 15) is 4.79 Å². The third-order valence-corrected chi connectivity index (χ3v) is 4.36. The normalized spacial score (nSPS) is 21.5. The summed E-state index contributed by atoms with van der Waals surface area (Å²) >= 11 is 0. The first-order valence-electron chi connectivity index (χ1n) is 8.08. The van der Waals surface area contributed by atoms with Crippen molar-refractivity contribution in [1.29, 1.82) is 0 Å². The van der Waals surface area contributed by atoms with E-state index in [-0.39, 0.29) is 11.8 Å². The number of nitrogens with zero attached hydrogens (tertiary/aromatic N) is 3. The number of nitrogens with one attached hydrogen (secondary N) is 1. The highest BCUT2D eigenvalue weighted by Crippen LogP contribution is 2.28. The summed E-state index contributed by atoms with van der Waals surface area (Å²) in [5.41, 5.74) is 0.877. The molecule has 2 heterocycles. The number of piperidine rings is 1. The molecule has 1 saturated heterocycles. The summed E-state index contributed by atoms with van der Waals surface area (Å²) in [7, 11) is 1.61. The minimum Gasteiger partial charge on any atom is -0.481 e. The quantitative estimate of drug-likeness (QED) is 0.893. The molecule has 22 heavy (non-hydrogen) atoms. The van der Waals surface area contributed by atoms with Gasteiger partial charge in [0.05, 0.1) is 13.0 Å². The van der Waals surface area contributed by atoms with Gasteiger partial charge >= 0.3 is 0 Å². The number of ether oxygens (including phenoxy) is 1. The molecule has 2 fully saturated rings. The number of carbonyl (C=O) groups excluding carboxylic acids is 1. The van der Waals surface area contributed by atoms with Crippen LogP contribution in [0.2, 0.25) is 0 Å². The van der Waals surface area contributed by atoms with Crippen LogP contribution in [0.15, 0.2) is 6.07 Å². The van der Waals surface area contributed by atoms with Crippen molar-refractivity contribution in [1.82, 2.24) is 15.3 Å². The monoisotopic (exact) mass is 304 g/mol. The van der Waals surface area contributed by atoms with Crippen LogP contribution < -0.4 is 15.0 Å². The van der Waals surface area contributed by atoms with Crippen molar-refractivity contribution >= 4 is 11.9 Å². The van der Waals surface area contributed by atoms with Crippen LogP contribution in [0.4, 0.5) is 5.95 Å². The van der Waals surface area contributed by atoms with Crippen LogP contribution in [0.1, 0.15) is 31.4 Å². The molecule has 0 radical (unpaired) electrons. The largest absolute Gasteiger partial charge is 0.481 e. The third-order valence-electron chi connectivity index (χ3n) is 4.36. The molecule has 1 unspecified atom stereocenters. The molecular formula is C16H24N4O2. The molecule has 6 heteroatoms. The Bertz CT molecular complexity index is 545. The van der Waals surface area contributed by atoms with Gasteiger partial charge in [-0.3, -0.25) is 4.79 Å². The lowest BCUT2D eigenvalue weighted by molar-refractivity contribution is -0.125. The van der Waals surface area contributed by atoms with Gasteiger partial charge in [0, 0.05) is 31.4 Å². The van der Waals surface area contributed by atoms with E-state index in [2.05, 4.69) is 20.2 Å². The highest BCUT2D eigenvalue weighted by Gasteiger charge is 2.29. The maximum atomic E-state index is 12.3. The maximum Gasteiger partial charge on any atom is 0.228 e. The summed E-state index contributed by atoms with van der Waals surface area (Å²) in [6.07, 6.45) is 4.44. The molecule has 0 bridgehead atoms. The van der Waals surface area contributed by atoms with E-state index in [1.165, 1.54) is 12.8 Å².